The van der Waals surface area contributed by atoms with Gasteiger partial charge in [0.15, 0.2) is 0 Å². The lowest BCUT2D eigenvalue weighted by atomic mass is 9.84. The van der Waals surface area contributed by atoms with Crippen LogP contribution in [0, 0.1) is 5.92 Å². The van der Waals surface area contributed by atoms with Crippen molar-refractivity contribution in [1.82, 2.24) is 19.9 Å². The molecule has 13 heteroatoms. The summed E-state index contributed by atoms with van der Waals surface area (Å²) in [5.74, 6) is 0.175. The zero-order valence-corrected chi connectivity index (χ0v) is 24.4. The molecular weight excluding hydrogens is 588 g/mol. The van der Waals surface area contributed by atoms with Crippen LogP contribution < -0.4 is 10.7 Å². The molecular formula is C31H33F6N5O2. The van der Waals surface area contributed by atoms with Crippen LogP contribution in [0.15, 0.2) is 42.7 Å². The van der Waals surface area contributed by atoms with Gasteiger partial charge in [-0.05, 0) is 66.6 Å². The minimum atomic E-state index is -5.03. The number of carbonyl (C=O) groups excluding carboxylic acids is 1. The molecule has 3 saturated heterocycles. The molecule has 44 heavy (non-hydrogen) atoms. The number of aromatic nitrogens is 2. The van der Waals surface area contributed by atoms with E-state index in [2.05, 4.69) is 22.7 Å². The van der Waals surface area contributed by atoms with Gasteiger partial charge in [-0.3, -0.25) is 0 Å². The third-order valence-electron chi connectivity index (χ3n) is 9.39. The largest absolute Gasteiger partial charge is 0.447 e. The maximum atomic E-state index is 14.1. The SMILES string of the molecule is CCC1CC2CCC1N2Nc1ncc(-c2cccn2C)c(-c2cc(C(F)(F)F)cc(C(F)(F)F)c2)c1C(C)C1COC(=O)N1. The number of halogens is 6. The zero-order chi connectivity index (χ0) is 31.6. The van der Waals surface area contributed by atoms with Crippen molar-refractivity contribution in [3.05, 3.63) is 59.4 Å². The lowest BCUT2D eigenvalue weighted by molar-refractivity contribution is -0.143. The van der Waals surface area contributed by atoms with Crippen LogP contribution >= 0.6 is 0 Å². The molecule has 0 radical (unpaired) electrons. The number of carbonyl (C=O) groups is 1. The summed E-state index contributed by atoms with van der Waals surface area (Å²) in [6.45, 7) is 3.89. The average Bonchev–Trinajstić information content (AvgIpc) is 3.76. The van der Waals surface area contributed by atoms with E-state index >= 15 is 0 Å². The van der Waals surface area contributed by atoms with Gasteiger partial charge in [-0.15, -0.1) is 0 Å². The summed E-state index contributed by atoms with van der Waals surface area (Å²) in [6, 6.07) is 4.97. The van der Waals surface area contributed by atoms with Gasteiger partial charge in [0.05, 0.1) is 17.2 Å². The van der Waals surface area contributed by atoms with E-state index in [1.807, 2.05) is 0 Å². The standard InChI is InChI=1S/C31H33F6N5O2/c1-4-17-12-21-7-8-24(17)42(21)40-28-26(16(2)23-15-44-29(43)39-23)27(22(14-38-28)25-6-5-9-41(25)3)18-10-19(30(32,33)34)13-20(11-18)31(35,36)37/h5-6,9-11,13-14,16-17,21,23-24H,4,7-8,12,15H2,1-3H3,(H,38,40)(H,39,43). The number of nitrogens with zero attached hydrogens (tertiary/aromatic N) is 3. The molecule has 3 aromatic rings. The summed E-state index contributed by atoms with van der Waals surface area (Å²) in [7, 11) is 1.74. The van der Waals surface area contributed by atoms with Gasteiger partial charge < -0.3 is 20.0 Å². The highest BCUT2D eigenvalue weighted by molar-refractivity contribution is 5.88. The fourth-order valence-electron chi connectivity index (χ4n) is 7.12. The Morgan fingerprint density at radius 3 is 2.36 bits per heavy atom. The first kappa shape index (κ1) is 30.3. The first-order chi connectivity index (χ1) is 20.8. The minimum absolute atomic E-state index is 0.0173. The smallest absolute Gasteiger partial charge is 0.416 e. The van der Waals surface area contributed by atoms with E-state index in [0.717, 1.165) is 37.8 Å². The number of amides is 1. The lowest BCUT2D eigenvalue weighted by Crippen LogP contribution is -2.37. The normalized spacial score (nSPS) is 24.4. The zero-order valence-electron chi connectivity index (χ0n) is 24.4. The molecule has 0 saturated carbocycles. The van der Waals surface area contributed by atoms with Crippen molar-refractivity contribution in [3.8, 4) is 22.4 Å². The van der Waals surface area contributed by atoms with Crippen LogP contribution in [0.4, 0.5) is 37.0 Å². The number of hydrogen-bond acceptors (Lipinski definition) is 5. The number of pyridine rings is 1. The second-order valence-corrected chi connectivity index (χ2v) is 12.0. The highest BCUT2D eigenvalue weighted by Gasteiger charge is 2.46. The fraction of sp³-hybridized carbons (Fsp3) is 0.484. The quantitative estimate of drug-likeness (QED) is 0.266. The predicted molar refractivity (Wildman–Crippen MR) is 151 cm³/mol. The third kappa shape index (κ3) is 5.39. The number of fused-ring (bicyclic) bond motifs is 2. The Labute approximate surface area is 250 Å². The van der Waals surface area contributed by atoms with E-state index in [0.29, 0.717) is 28.6 Å². The highest BCUT2D eigenvalue weighted by atomic mass is 19.4. The molecule has 7 nitrogen and oxygen atoms in total. The van der Waals surface area contributed by atoms with Crippen molar-refractivity contribution in [1.29, 1.82) is 0 Å². The first-order valence-corrected chi connectivity index (χ1v) is 14.7. The molecule has 1 aromatic carbocycles. The summed E-state index contributed by atoms with van der Waals surface area (Å²) in [6.07, 6.45) is -3.55. The van der Waals surface area contributed by atoms with Crippen LogP contribution in [0.2, 0.25) is 0 Å². The molecule has 236 valence electrons. The van der Waals surface area contributed by atoms with Crippen molar-refractivity contribution in [2.75, 3.05) is 12.0 Å². The number of cyclic esters (lactones) is 1. The van der Waals surface area contributed by atoms with Gasteiger partial charge in [0, 0.05) is 54.3 Å². The highest BCUT2D eigenvalue weighted by Crippen LogP contribution is 2.48. The number of benzene rings is 1. The Balaban J connectivity index is 1.62. The minimum Gasteiger partial charge on any atom is -0.447 e. The van der Waals surface area contributed by atoms with Gasteiger partial charge in [-0.1, -0.05) is 20.3 Å². The Morgan fingerprint density at radius 1 is 1.11 bits per heavy atom. The third-order valence-corrected chi connectivity index (χ3v) is 9.39. The Bertz CT molecular complexity index is 1540. The number of alkyl halides is 6. The van der Waals surface area contributed by atoms with E-state index in [9.17, 15) is 31.1 Å². The van der Waals surface area contributed by atoms with Crippen LogP contribution in [-0.4, -0.2) is 45.4 Å². The summed E-state index contributed by atoms with van der Waals surface area (Å²) < 4.78 is 91.4. The first-order valence-electron chi connectivity index (χ1n) is 14.7. The summed E-state index contributed by atoms with van der Waals surface area (Å²) >= 11 is 0. The van der Waals surface area contributed by atoms with E-state index < -0.39 is 41.5 Å². The maximum Gasteiger partial charge on any atom is 0.416 e. The van der Waals surface area contributed by atoms with Gasteiger partial charge in [0.1, 0.15) is 12.4 Å². The molecule has 5 unspecified atom stereocenters. The topological polar surface area (TPSA) is 71.4 Å². The van der Waals surface area contributed by atoms with Gasteiger partial charge >= 0.3 is 18.4 Å². The molecule has 2 aromatic heterocycles. The molecule has 6 rings (SSSR count). The van der Waals surface area contributed by atoms with E-state index in [1.54, 1.807) is 36.9 Å². The van der Waals surface area contributed by atoms with Gasteiger partial charge in [-0.25, -0.2) is 14.8 Å². The Kier molecular flexibility index (Phi) is 7.58. The van der Waals surface area contributed by atoms with Crippen LogP contribution in [0.3, 0.4) is 0 Å². The maximum absolute atomic E-state index is 14.1. The number of ether oxygens (including phenoxy) is 1. The second kappa shape index (κ2) is 11.0. The molecule has 3 aliphatic heterocycles. The molecule has 1 amide bonds. The molecule has 3 aliphatic rings. The van der Waals surface area contributed by atoms with Crippen molar-refractivity contribution in [2.24, 2.45) is 13.0 Å². The lowest BCUT2D eigenvalue weighted by Gasteiger charge is -2.30. The Hall–Kier alpha value is -3.74. The molecule has 2 N–H and O–H groups in total. The fourth-order valence-corrected chi connectivity index (χ4v) is 7.12. The number of aryl methyl sites for hydroxylation is 1. The monoisotopic (exact) mass is 621 g/mol. The predicted octanol–water partition coefficient (Wildman–Crippen LogP) is 7.59. The van der Waals surface area contributed by atoms with Crippen molar-refractivity contribution in [3.63, 3.8) is 0 Å². The van der Waals surface area contributed by atoms with Gasteiger partial charge in [-0.2, -0.15) is 26.3 Å². The van der Waals surface area contributed by atoms with Crippen LogP contribution in [-0.2, 0) is 24.1 Å². The average molecular weight is 622 g/mol. The number of hydrogen-bond donors (Lipinski definition) is 2. The molecule has 0 spiro atoms. The van der Waals surface area contributed by atoms with E-state index in [4.69, 9.17) is 9.72 Å². The van der Waals surface area contributed by atoms with Gasteiger partial charge in [0.25, 0.3) is 0 Å². The molecule has 5 heterocycles. The van der Waals surface area contributed by atoms with E-state index in [-0.39, 0.29) is 35.9 Å². The number of rotatable bonds is 7. The molecule has 2 bridgehead atoms. The van der Waals surface area contributed by atoms with Crippen LogP contribution in [0.5, 0.6) is 0 Å². The van der Waals surface area contributed by atoms with Crippen LogP contribution in [0.1, 0.15) is 62.1 Å². The number of hydrazine groups is 1. The number of anilines is 1. The number of alkyl carbamates (subject to hydrolysis) is 1. The Morgan fingerprint density at radius 2 is 1.82 bits per heavy atom. The van der Waals surface area contributed by atoms with E-state index in [1.165, 1.54) is 6.20 Å². The van der Waals surface area contributed by atoms with Crippen molar-refractivity contribution >= 4 is 11.9 Å². The molecule has 5 atom stereocenters. The molecule has 3 fully saturated rings. The van der Waals surface area contributed by atoms with Crippen LogP contribution in [0.25, 0.3) is 22.4 Å². The summed E-state index contributed by atoms with van der Waals surface area (Å²) in [5, 5.41) is 4.89. The molecule has 0 aliphatic carbocycles. The van der Waals surface area contributed by atoms with Gasteiger partial charge in [0.2, 0.25) is 0 Å². The number of nitrogens with one attached hydrogen (secondary N) is 2. The van der Waals surface area contributed by atoms with Crippen molar-refractivity contribution < 1.29 is 35.9 Å². The second-order valence-electron chi connectivity index (χ2n) is 12.0. The summed E-state index contributed by atoms with van der Waals surface area (Å²) in [4.78, 5) is 16.8. The summed E-state index contributed by atoms with van der Waals surface area (Å²) in [5.41, 5.74) is 1.86. The van der Waals surface area contributed by atoms with Crippen molar-refractivity contribution in [2.45, 2.75) is 75.9 Å².